The average molecular weight is 317 g/mol. The summed E-state index contributed by atoms with van der Waals surface area (Å²) >= 11 is 6.86. The lowest BCUT2D eigenvalue weighted by molar-refractivity contribution is 0.0606. The Bertz CT molecular complexity index is 648. The van der Waals surface area contributed by atoms with E-state index < -0.39 is 17.5 Å². The molecule has 2 rings (SSSR count). The molecule has 0 saturated carbocycles. The summed E-state index contributed by atoms with van der Waals surface area (Å²) in [5.41, 5.74) is 0.617. The minimum atomic E-state index is -0.697. The van der Waals surface area contributed by atoms with Gasteiger partial charge in [0.25, 0.3) is 0 Å². The van der Waals surface area contributed by atoms with Gasteiger partial charge in [-0.3, -0.25) is 0 Å². The number of nitrogens with zero attached hydrogens (tertiary/aromatic N) is 1. The van der Waals surface area contributed by atoms with Gasteiger partial charge in [0.05, 0.1) is 7.11 Å². The predicted molar refractivity (Wildman–Crippen MR) is 73.9 cm³/mol. The highest BCUT2D eigenvalue weighted by Crippen LogP contribution is 2.28. The summed E-state index contributed by atoms with van der Waals surface area (Å²) in [6.07, 6.45) is 0. The molecule has 0 aliphatic rings. The van der Waals surface area contributed by atoms with Gasteiger partial charge in [-0.1, -0.05) is 29.0 Å². The van der Waals surface area contributed by atoms with E-state index in [2.05, 4.69) is 15.0 Å². The molecule has 0 bridgehead atoms. The number of phenols is 1. The number of rotatable bonds is 4. The van der Waals surface area contributed by atoms with Crippen molar-refractivity contribution in [1.29, 1.82) is 0 Å². The van der Waals surface area contributed by atoms with E-state index in [1.807, 2.05) is 0 Å². The van der Waals surface area contributed by atoms with Crippen LogP contribution in [0.1, 0.15) is 15.2 Å². The lowest BCUT2D eigenvalue weighted by atomic mass is 10.2. The number of hydrogen-bond acceptors (Lipinski definition) is 6. The van der Waals surface area contributed by atoms with Crippen LogP contribution in [0.4, 0.5) is 9.52 Å². The van der Waals surface area contributed by atoms with Crippen molar-refractivity contribution in [3.8, 4) is 5.75 Å². The summed E-state index contributed by atoms with van der Waals surface area (Å²) in [7, 11) is 1.25. The first-order valence-corrected chi connectivity index (χ1v) is 6.66. The fourth-order valence-corrected chi connectivity index (χ4v) is 2.53. The van der Waals surface area contributed by atoms with Crippen LogP contribution in [0.3, 0.4) is 0 Å². The number of aromatic hydroxyl groups is 1. The van der Waals surface area contributed by atoms with Crippen LogP contribution in [0.25, 0.3) is 0 Å². The molecule has 0 atom stereocenters. The van der Waals surface area contributed by atoms with Crippen LogP contribution >= 0.6 is 22.9 Å². The summed E-state index contributed by atoms with van der Waals surface area (Å²) in [4.78, 5) is 15.5. The van der Waals surface area contributed by atoms with Gasteiger partial charge < -0.3 is 15.2 Å². The van der Waals surface area contributed by atoms with Gasteiger partial charge in [-0.15, -0.1) is 0 Å². The van der Waals surface area contributed by atoms with E-state index in [-0.39, 0.29) is 16.6 Å². The van der Waals surface area contributed by atoms with E-state index in [9.17, 15) is 9.18 Å². The maximum atomic E-state index is 13.2. The number of halogens is 2. The Morgan fingerprint density at radius 3 is 3.00 bits per heavy atom. The van der Waals surface area contributed by atoms with Crippen LogP contribution in [-0.2, 0) is 11.3 Å². The first kappa shape index (κ1) is 14.5. The smallest absolute Gasteiger partial charge is 0.351 e. The lowest BCUT2D eigenvalue weighted by Gasteiger charge is -2.03. The van der Waals surface area contributed by atoms with E-state index in [0.717, 1.165) is 11.3 Å². The molecular weight excluding hydrogens is 307 g/mol. The third-order valence-corrected chi connectivity index (χ3v) is 3.79. The van der Waals surface area contributed by atoms with Crippen molar-refractivity contribution in [2.45, 2.75) is 6.54 Å². The molecule has 0 aliphatic carbocycles. The Morgan fingerprint density at radius 1 is 1.60 bits per heavy atom. The van der Waals surface area contributed by atoms with E-state index in [1.165, 1.54) is 19.2 Å². The van der Waals surface area contributed by atoms with Crippen LogP contribution in [0.5, 0.6) is 5.75 Å². The molecule has 2 aromatic rings. The number of hydrogen-bond donors (Lipinski definition) is 2. The topological polar surface area (TPSA) is 71.5 Å². The zero-order valence-corrected chi connectivity index (χ0v) is 11.9. The Kier molecular flexibility index (Phi) is 4.41. The van der Waals surface area contributed by atoms with Crippen molar-refractivity contribution in [2.75, 3.05) is 12.4 Å². The van der Waals surface area contributed by atoms with Gasteiger partial charge in [0.2, 0.25) is 0 Å². The van der Waals surface area contributed by atoms with E-state index in [1.54, 1.807) is 6.07 Å². The highest BCUT2D eigenvalue weighted by atomic mass is 35.5. The maximum Gasteiger partial charge on any atom is 0.351 e. The number of carbonyl (C=O) groups is 1. The molecule has 0 unspecified atom stereocenters. The number of methoxy groups -OCH3 is 1. The third-order valence-electron chi connectivity index (χ3n) is 2.41. The molecule has 0 aliphatic heterocycles. The van der Waals surface area contributed by atoms with Crippen molar-refractivity contribution in [3.63, 3.8) is 0 Å². The van der Waals surface area contributed by atoms with Crippen LogP contribution < -0.4 is 5.32 Å². The van der Waals surface area contributed by atoms with Gasteiger partial charge in [-0.05, 0) is 17.7 Å². The highest BCUT2D eigenvalue weighted by Gasteiger charge is 2.17. The first-order chi connectivity index (χ1) is 9.51. The molecule has 0 fully saturated rings. The standard InChI is InChI=1S/C12H10ClFN2O3S/c1-19-11(18)9-10(13)16-12(20-9)15-5-6-2-3-8(17)7(14)4-6/h2-4,17H,5H2,1H3,(H,15,16). The summed E-state index contributed by atoms with van der Waals surface area (Å²) in [5.74, 6) is -1.66. The van der Waals surface area contributed by atoms with Crippen LogP contribution in [0, 0.1) is 5.82 Å². The van der Waals surface area contributed by atoms with E-state index in [4.69, 9.17) is 16.7 Å². The lowest BCUT2D eigenvalue weighted by Crippen LogP contribution is -1.99. The number of anilines is 1. The summed E-state index contributed by atoms with van der Waals surface area (Å²) in [6.45, 7) is 0.279. The fourth-order valence-electron chi connectivity index (χ4n) is 1.43. The molecular formula is C12H10ClFN2O3S. The molecule has 1 aromatic carbocycles. The number of nitrogens with one attached hydrogen (secondary N) is 1. The quantitative estimate of drug-likeness (QED) is 0.848. The molecule has 0 saturated heterocycles. The number of esters is 1. The summed E-state index contributed by atoms with van der Waals surface area (Å²) in [6, 6.07) is 4.04. The normalized spacial score (nSPS) is 10.3. The third kappa shape index (κ3) is 3.17. The molecule has 1 aromatic heterocycles. The van der Waals surface area contributed by atoms with Gasteiger partial charge >= 0.3 is 5.97 Å². The second-order valence-electron chi connectivity index (χ2n) is 3.77. The molecule has 106 valence electrons. The Balaban J connectivity index is 2.07. The molecule has 0 spiro atoms. The minimum Gasteiger partial charge on any atom is -0.505 e. The van der Waals surface area contributed by atoms with Crippen molar-refractivity contribution >= 4 is 34.0 Å². The largest absolute Gasteiger partial charge is 0.505 e. The molecule has 2 N–H and O–H groups in total. The molecule has 20 heavy (non-hydrogen) atoms. The van der Waals surface area contributed by atoms with E-state index >= 15 is 0 Å². The number of aromatic nitrogens is 1. The Labute approximate surface area is 123 Å². The average Bonchev–Trinajstić information content (AvgIpc) is 2.80. The van der Waals surface area contributed by atoms with Crippen molar-refractivity contribution in [2.24, 2.45) is 0 Å². The fraction of sp³-hybridized carbons (Fsp3) is 0.167. The molecule has 8 heteroatoms. The maximum absolute atomic E-state index is 13.2. The number of phenolic OH excluding ortho intramolecular Hbond substituents is 1. The number of benzene rings is 1. The number of thiazole rings is 1. The van der Waals surface area contributed by atoms with Gasteiger partial charge in [0, 0.05) is 6.54 Å². The molecule has 0 amide bonds. The van der Waals surface area contributed by atoms with Gasteiger partial charge in [-0.2, -0.15) is 0 Å². The first-order valence-electron chi connectivity index (χ1n) is 5.47. The SMILES string of the molecule is COC(=O)c1sc(NCc2ccc(O)c(F)c2)nc1Cl. The van der Waals surface area contributed by atoms with Gasteiger partial charge in [0.1, 0.15) is 0 Å². The summed E-state index contributed by atoms with van der Waals surface area (Å²) < 4.78 is 17.7. The Morgan fingerprint density at radius 2 is 2.35 bits per heavy atom. The van der Waals surface area contributed by atoms with Gasteiger partial charge in [-0.25, -0.2) is 14.2 Å². The number of ether oxygens (including phenoxy) is 1. The van der Waals surface area contributed by atoms with Crippen molar-refractivity contribution in [3.05, 3.63) is 39.6 Å². The predicted octanol–water partition coefficient (Wildman–Crippen LogP) is 3.04. The molecule has 1 heterocycles. The van der Waals surface area contributed by atoms with Crippen LogP contribution in [0.2, 0.25) is 5.15 Å². The second-order valence-corrected chi connectivity index (χ2v) is 5.13. The van der Waals surface area contributed by atoms with Crippen molar-refractivity contribution in [1.82, 2.24) is 4.98 Å². The van der Waals surface area contributed by atoms with E-state index in [0.29, 0.717) is 10.7 Å². The Hall–Kier alpha value is -1.86. The zero-order chi connectivity index (χ0) is 14.7. The molecule has 5 nitrogen and oxygen atoms in total. The van der Waals surface area contributed by atoms with Crippen LogP contribution in [-0.4, -0.2) is 23.2 Å². The summed E-state index contributed by atoms with van der Waals surface area (Å²) in [5, 5.41) is 12.5. The van der Waals surface area contributed by atoms with Crippen molar-refractivity contribution < 1.29 is 19.0 Å². The minimum absolute atomic E-state index is 0.0567. The highest BCUT2D eigenvalue weighted by molar-refractivity contribution is 7.18. The monoisotopic (exact) mass is 316 g/mol. The number of carbonyl (C=O) groups excluding carboxylic acids is 1. The zero-order valence-electron chi connectivity index (χ0n) is 10.3. The van der Waals surface area contributed by atoms with Gasteiger partial charge in [0.15, 0.2) is 26.7 Å². The van der Waals surface area contributed by atoms with Crippen LogP contribution in [0.15, 0.2) is 18.2 Å². The molecule has 0 radical (unpaired) electrons. The second kappa shape index (κ2) is 6.06.